The molecule has 2 aliphatic heterocycles. The number of amides is 1. The first-order chi connectivity index (χ1) is 11.0. The van der Waals surface area contributed by atoms with Gasteiger partial charge in [-0.25, -0.2) is 4.79 Å². The Balaban J connectivity index is 1.84. The summed E-state index contributed by atoms with van der Waals surface area (Å²) < 4.78 is 7.78. The van der Waals surface area contributed by atoms with Gasteiger partial charge < -0.3 is 14.6 Å². The van der Waals surface area contributed by atoms with E-state index in [-0.39, 0.29) is 12.1 Å². The number of nitrogens with zero attached hydrogens (tertiary/aromatic N) is 4. The fourth-order valence-corrected chi connectivity index (χ4v) is 3.28. The third-order valence-electron chi connectivity index (χ3n) is 4.32. The Bertz CT molecular complexity index is 563. The lowest BCUT2D eigenvalue weighted by atomic mass is 10.0. The number of aromatic nitrogens is 3. The molecule has 0 spiro atoms. The van der Waals surface area contributed by atoms with Crippen LogP contribution in [0.15, 0.2) is 0 Å². The Labute approximate surface area is 137 Å². The lowest BCUT2D eigenvalue weighted by Gasteiger charge is -2.36. The van der Waals surface area contributed by atoms with Crippen LogP contribution >= 0.6 is 0 Å². The number of likely N-dealkylation sites (tertiary alicyclic amines) is 1. The molecule has 1 aromatic rings. The monoisotopic (exact) mass is 321 g/mol. The largest absolute Gasteiger partial charge is 0.444 e. The molecule has 7 nitrogen and oxygen atoms in total. The summed E-state index contributed by atoms with van der Waals surface area (Å²) in [5.74, 6) is 1.92. The topological polar surface area (TPSA) is 72.3 Å². The van der Waals surface area contributed by atoms with Gasteiger partial charge in [0, 0.05) is 32.6 Å². The Morgan fingerprint density at radius 1 is 1.22 bits per heavy atom. The van der Waals surface area contributed by atoms with Crippen molar-refractivity contribution in [2.24, 2.45) is 0 Å². The van der Waals surface area contributed by atoms with E-state index in [1.165, 1.54) is 0 Å². The second kappa shape index (κ2) is 6.47. The van der Waals surface area contributed by atoms with E-state index < -0.39 is 5.60 Å². The molecule has 0 unspecified atom stereocenters. The van der Waals surface area contributed by atoms with Gasteiger partial charge in [0.05, 0.1) is 6.04 Å². The third kappa shape index (κ3) is 3.65. The zero-order valence-corrected chi connectivity index (χ0v) is 14.3. The van der Waals surface area contributed by atoms with Crippen LogP contribution in [0.4, 0.5) is 4.79 Å². The van der Waals surface area contributed by atoms with Gasteiger partial charge in [0.15, 0.2) is 5.82 Å². The number of hydrogen-bond acceptors (Lipinski definition) is 5. The lowest BCUT2D eigenvalue weighted by Crippen LogP contribution is -2.42. The normalized spacial score (nSPS) is 22.4. The Hall–Kier alpha value is -1.63. The summed E-state index contributed by atoms with van der Waals surface area (Å²) in [7, 11) is 0. The standard InChI is InChI=1S/C16H27N5O2/c1-16(2,3)23-15(22)20-10-5-4-6-12(20)14-19-18-13-7-8-17-9-11-21(13)14/h12,17H,4-11H2,1-3H3/t12-/m0/s1. The molecular weight excluding hydrogens is 294 g/mol. The number of nitrogens with one attached hydrogen (secondary N) is 1. The first-order valence-electron chi connectivity index (χ1n) is 8.58. The number of rotatable bonds is 1. The molecule has 23 heavy (non-hydrogen) atoms. The summed E-state index contributed by atoms with van der Waals surface area (Å²) in [4.78, 5) is 14.4. The number of carbonyl (C=O) groups excluding carboxylic acids is 1. The molecule has 3 rings (SSSR count). The van der Waals surface area contributed by atoms with Crippen LogP contribution in [-0.2, 0) is 17.7 Å². The van der Waals surface area contributed by atoms with Gasteiger partial charge in [-0.05, 0) is 40.0 Å². The molecule has 1 amide bonds. The highest BCUT2D eigenvalue weighted by molar-refractivity contribution is 5.68. The van der Waals surface area contributed by atoms with Crippen molar-refractivity contribution in [3.63, 3.8) is 0 Å². The summed E-state index contributed by atoms with van der Waals surface area (Å²) in [6.07, 6.45) is 3.67. The highest BCUT2D eigenvalue weighted by Crippen LogP contribution is 2.31. The zero-order valence-electron chi connectivity index (χ0n) is 14.3. The molecule has 3 heterocycles. The van der Waals surface area contributed by atoms with Crippen LogP contribution in [0.5, 0.6) is 0 Å². The Kier molecular flexibility index (Phi) is 4.57. The van der Waals surface area contributed by atoms with Gasteiger partial charge in [-0.2, -0.15) is 0 Å². The van der Waals surface area contributed by atoms with Gasteiger partial charge in [-0.1, -0.05) is 0 Å². The van der Waals surface area contributed by atoms with Crippen molar-refractivity contribution < 1.29 is 9.53 Å². The summed E-state index contributed by atoms with van der Waals surface area (Å²) >= 11 is 0. The molecular formula is C16H27N5O2. The highest BCUT2D eigenvalue weighted by Gasteiger charge is 2.35. The van der Waals surface area contributed by atoms with Crippen molar-refractivity contribution >= 4 is 6.09 Å². The van der Waals surface area contributed by atoms with Crippen LogP contribution in [0, 0.1) is 0 Å². The van der Waals surface area contributed by atoms with E-state index in [1.807, 2.05) is 25.7 Å². The second-order valence-electron chi connectivity index (χ2n) is 7.31. The van der Waals surface area contributed by atoms with Crippen LogP contribution in [0.25, 0.3) is 0 Å². The predicted octanol–water partition coefficient (Wildman–Crippen LogP) is 1.89. The molecule has 0 saturated carbocycles. The van der Waals surface area contributed by atoms with Crippen molar-refractivity contribution in [3.05, 3.63) is 11.6 Å². The first-order valence-corrected chi connectivity index (χ1v) is 8.58. The van der Waals surface area contributed by atoms with E-state index in [4.69, 9.17) is 4.74 Å². The molecule has 1 saturated heterocycles. The van der Waals surface area contributed by atoms with Gasteiger partial charge in [0.1, 0.15) is 11.4 Å². The number of piperidine rings is 1. The maximum absolute atomic E-state index is 12.6. The molecule has 128 valence electrons. The van der Waals surface area contributed by atoms with Crippen molar-refractivity contribution in [1.29, 1.82) is 0 Å². The quantitative estimate of drug-likeness (QED) is 0.855. The van der Waals surface area contributed by atoms with Gasteiger partial charge >= 0.3 is 6.09 Å². The van der Waals surface area contributed by atoms with Crippen LogP contribution in [-0.4, -0.2) is 51.0 Å². The van der Waals surface area contributed by atoms with E-state index in [9.17, 15) is 4.79 Å². The molecule has 7 heteroatoms. The van der Waals surface area contributed by atoms with Crippen molar-refractivity contribution in [2.75, 3.05) is 19.6 Å². The fourth-order valence-electron chi connectivity index (χ4n) is 3.28. The molecule has 0 aliphatic carbocycles. The molecule has 0 radical (unpaired) electrons. The molecule has 0 aromatic carbocycles. The second-order valence-corrected chi connectivity index (χ2v) is 7.31. The third-order valence-corrected chi connectivity index (χ3v) is 4.32. The van der Waals surface area contributed by atoms with E-state index in [0.717, 1.165) is 63.5 Å². The lowest BCUT2D eigenvalue weighted by molar-refractivity contribution is 0.00798. The van der Waals surface area contributed by atoms with Crippen LogP contribution in [0.3, 0.4) is 0 Å². The van der Waals surface area contributed by atoms with Gasteiger partial charge in [-0.3, -0.25) is 4.90 Å². The van der Waals surface area contributed by atoms with Gasteiger partial charge in [-0.15, -0.1) is 10.2 Å². The maximum atomic E-state index is 12.6. The summed E-state index contributed by atoms with van der Waals surface area (Å²) in [5.41, 5.74) is -0.481. The summed E-state index contributed by atoms with van der Waals surface area (Å²) in [6.45, 7) is 9.13. The number of fused-ring (bicyclic) bond motifs is 1. The smallest absolute Gasteiger partial charge is 0.410 e. The minimum Gasteiger partial charge on any atom is -0.444 e. The summed E-state index contributed by atoms with van der Waals surface area (Å²) in [6, 6.07) is -0.0297. The highest BCUT2D eigenvalue weighted by atomic mass is 16.6. The van der Waals surface area contributed by atoms with Crippen molar-refractivity contribution in [3.8, 4) is 0 Å². The minimum absolute atomic E-state index is 0.0297. The molecule has 0 bridgehead atoms. The first kappa shape index (κ1) is 16.2. The van der Waals surface area contributed by atoms with E-state index in [1.54, 1.807) is 0 Å². The van der Waals surface area contributed by atoms with Gasteiger partial charge in [0.2, 0.25) is 0 Å². The average molecular weight is 321 g/mol. The molecule has 1 atom stereocenters. The zero-order chi connectivity index (χ0) is 16.4. The van der Waals surface area contributed by atoms with Crippen molar-refractivity contribution in [1.82, 2.24) is 25.0 Å². The van der Waals surface area contributed by atoms with E-state index in [2.05, 4.69) is 20.1 Å². The fraction of sp³-hybridized carbons (Fsp3) is 0.812. The van der Waals surface area contributed by atoms with Crippen LogP contribution in [0.1, 0.15) is 57.7 Å². The predicted molar refractivity (Wildman–Crippen MR) is 86.1 cm³/mol. The Morgan fingerprint density at radius 2 is 2.04 bits per heavy atom. The minimum atomic E-state index is -0.481. The maximum Gasteiger partial charge on any atom is 0.410 e. The number of carbonyl (C=O) groups is 1. The van der Waals surface area contributed by atoms with Crippen LogP contribution in [0.2, 0.25) is 0 Å². The molecule has 1 N–H and O–H groups in total. The SMILES string of the molecule is CC(C)(C)OC(=O)N1CCCC[C@H]1c1nnc2n1CCNCC2. The summed E-state index contributed by atoms with van der Waals surface area (Å²) in [5, 5.41) is 12.2. The average Bonchev–Trinajstić information content (AvgIpc) is 2.74. The van der Waals surface area contributed by atoms with E-state index in [0.29, 0.717) is 0 Å². The number of ether oxygens (including phenoxy) is 1. The number of hydrogen-bond donors (Lipinski definition) is 1. The van der Waals surface area contributed by atoms with Crippen LogP contribution < -0.4 is 5.32 Å². The Morgan fingerprint density at radius 3 is 2.83 bits per heavy atom. The van der Waals surface area contributed by atoms with Crippen molar-refractivity contribution in [2.45, 2.75) is 64.6 Å². The molecule has 2 aliphatic rings. The molecule has 1 aromatic heterocycles. The van der Waals surface area contributed by atoms with E-state index >= 15 is 0 Å². The molecule has 1 fully saturated rings. The van der Waals surface area contributed by atoms with Gasteiger partial charge in [0.25, 0.3) is 0 Å².